The molecule has 5 heteroatoms. The van der Waals surface area contributed by atoms with Crippen LogP contribution in [0.3, 0.4) is 0 Å². The fraction of sp³-hybridized carbons (Fsp3) is 0.435. The number of amides is 1. The van der Waals surface area contributed by atoms with Crippen LogP contribution in [0.2, 0.25) is 0 Å². The Morgan fingerprint density at radius 2 is 1.93 bits per heavy atom. The van der Waals surface area contributed by atoms with Crippen LogP contribution in [0.1, 0.15) is 24.8 Å². The van der Waals surface area contributed by atoms with Gasteiger partial charge < -0.3 is 14.7 Å². The van der Waals surface area contributed by atoms with Crippen molar-refractivity contribution in [3.8, 4) is 0 Å². The van der Waals surface area contributed by atoms with Gasteiger partial charge in [0.05, 0.1) is 0 Å². The molecule has 0 radical (unpaired) electrons. The number of thiol groups is 1. The van der Waals surface area contributed by atoms with Crippen molar-refractivity contribution in [3.63, 3.8) is 0 Å². The van der Waals surface area contributed by atoms with E-state index in [1.165, 1.54) is 16.8 Å². The van der Waals surface area contributed by atoms with Gasteiger partial charge in [0.25, 0.3) is 0 Å². The molecular formula is C23H31N3OS. The molecule has 0 N–H and O–H groups in total. The van der Waals surface area contributed by atoms with E-state index < -0.39 is 0 Å². The van der Waals surface area contributed by atoms with Gasteiger partial charge in [0.1, 0.15) is 0 Å². The maximum absolute atomic E-state index is 12.3. The molecule has 0 atom stereocenters. The van der Waals surface area contributed by atoms with Crippen LogP contribution in [0.25, 0.3) is 6.08 Å². The number of carbonyl (C=O) groups is 1. The van der Waals surface area contributed by atoms with E-state index in [1.807, 2.05) is 4.90 Å². The number of hydrogen-bond donors (Lipinski definition) is 1. The molecule has 0 spiro atoms. The highest BCUT2D eigenvalue weighted by molar-refractivity contribution is 7.80. The van der Waals surface area contributed by atoms with Crippen molar-refractivity contribution in [3.05, 3.63) is 59.8 Å². The fourth-order valence-corrected chi connectivity index (χ4v) is 3.68. The molecule has 1 amide bonds. The van der Waals surface area contributed by atoms with E-state index in [4.69, 9.17) is 0 Å². The number of allylic oxidation sites excluding steroid dienone is 3. The molecule has 0 aliphatic carbocycles. The van der Waals surface area contributed by atoms with Gasteiger partial charge in [-0.3, -0.25) is 4.79 Å². The molecule has 150 valence electrons. The second-order valence-corrected chi connectivity index (χ2v) is 7.88. The minimum absolute atomic E-state index is 0.272. The molecule has 2 heterocycles. The first-order valence-electron chi connectivity index (χ1n) is 10.2. The van der Waals surface area contributed by atoms with Gasteiger partial charge in [0, 0.05) is 51.9 Å². The zero-order chi connectivity index (χ0) is 19.8. The molecule has 28 heavy (non-hydrogen) atoms. The van der Waals surface area contributed by atoms with E-state index in [0.717, 1.165) is 51.3 Å². The average Bonchev–Trinajstić information content (AvgIpc) is 2.98. The molecule has 1 fully saturated rings. The number of rotatable bonds is 6. The third-order valence-electron chi connectivity index (χ3n) is 5.26. The fourth-order valence-electron chi connectivity index (χ4n) is 3.52. The number of carbonyl (C=O) groups excluding carboxylic acids is 1. The predicted octanol–water partition coefficient (Wildman–Crippen LogP) is 3.83. The molecule has 2 aliphatic rings. The number of anilines is 1. The van der Waals surface area contributed by atoms with Crippen LogP contribution in [0, 0.1) is 0 Å². The highest BCUT2D eigenvalue weighted by atomic mass is 32.1. The van der Waals surface area contributed by atoms with Crippen LogP contribution in [0.5, 0.6) is 0 Å². The Kier molecular flexibility index (Phi) is 7.66. The molecule has 0 aromatic heterocycles. The summed E-state index contributed by atoms with van der Waals surface area (Å²) in [4.78, 5) is 18.8. The third-order valence-corrected chi connectivity index (χ3v) is 5.58. The Labute approximate surface area is 174 Å². The van der Waals surface area contributed by atoms with Gasteiger partial charge in [-0.1, -0.05) is 30.4 Å². The summed E-state index contributed by atoms with van der Waals surface area (Å²) in [6.07, 6.45) is 13.3. The molecule has 0 bridgehead atoms. The zero-order valence-corrected chi connectivity index (χ0v) is 17.7. The van der Waals surface area contributed by atoms with Crippen LogP contribution in [0.4, 0.5) is 5.69 Å². The number of hydrogen-bond acceptors (Lipinski definition) is 4. The molecule has 1 aromatic carbocycles. The Balaban J connectivity index is 1.55. The normalized spacial score (nSPS) is 17.8. The standard InChI is InChI=1S/C23H31N3OS/c1-24-15-11-21(12-16-24)6-5-20-7-9-22(10-8-20)25-13-3-14-26(18-17-25)23(27)4-2-19-28/h5-12,15,28H,2-4,13-14,16-19H2,1H3/b6-5+. The van der Waals surface area contributed by atoms with Crippen molar-refractivity contribution >= 4 is 30.3 Å². The van der Waals surface area contributed by atoms with Crippen molar-refractivity contribution in [2.45, 2.75) is 19.3 Å². The molecule has 3 rings (SSSR count). The topological polar surface area (TPSA) is 26.8 Å². The minimum atomic E-state index is 0.272. The number of benzene rings is 1. The Hall–Kier alpha value is -2.14. The smallest absolute Gasteiger partial charge is 0.222 e. The van der Waals surface area contributed by atoms with Gasteiger partial charge in [-0.05, 0) is 54.1 Å². The number of likely N-dealkylation sites (N-methyl/N-ethyl adjacent to an activating group) is 1. The lowest BCUT2D eigenvalue weighted by Crippen LogP contribution is -2.35. The maximum atomic E-state index is 12.3. The van der Waals surface area contributed by atoms with Crippen LogP contribution in [-0.4, -0.2) is 61.2 Å². The summed E-state index contributed by atoms with van der Waals surface area (Å²) in [6, 6.07) is 8.73. The summed E-state index contributed by atoms with van der Waals surface area (Å²) in [7, 11) is 2.08. The van der Waals surface area contributed by atoms with E-state index in [9.17, 15) is 4.79 Å². The third kappa shape index (κ3) is 5.93. The first-order valence-corrected chi connectivity index (χ1v) is 10.8. The molecule has 0 unspecified atom stereocenters. The molecule has 1 aromatic rings. The lowest BCUT2D eigenvalue weighted by Gasteiger charge is -2.24. The molecule has 4 nitrogen and oxygen atoms in total. The Bertz CT molecular complexity index is 739. The van der Waals surface area contributed by atoms with Crippen LogP contribution in [-0.2, 0) is 4.79 Å². The molecule has 2 aliphatic heterocycles. The second kappa shape index (κ2) is 10.4. The van der Waals surface area contributed by atoms with Crippen molar-refractivity contribution in [2.24, 2.45) is 0 Å². The SMILES string of the molecule is CN1C=CC(/C=C/c2ccc(N3CCCN(C(=O)CCCS)CC3)cc2)=CC1. The van der Waals surface area contributed by atoms with Crippen molar-refractivity contribution < 1.29 is 4.79 Å². The van der Waals surface area contributed by atoms with E-state index in [1.54, 1.807) is 0 Å². The molecule has 0 saturated carbocycles. The summed E-state index contributed by atoms with van der Waals surface area (Å²) in [5, 5.41) is 0. The van der Waals surface area contributed by atoms with Gasteiger partial charge in [-0.15, -0.1) is 0 Å². The van der Waals surface area contributed by atoms with Crippen LogP contribution in [0.15, 0.2) is 54.3 Å². The highest BCUT2D eigenvalue weighted by Crippen LogP contribution is 2.19. The summed E-state index contributed by atoms with van der Waals surface area (Å²) in [6.45, 7) is 4.52. The van der Waals surface area contributed by atoms with Crippen molar-refractivity contribution in [2.75, 3.05) is 50.4 Å². The highest BCUT2D eigenvalue weighted by Gasteiger charge is 2.18. The van der Waals surface area contributed by atoms with Gasteiger partial charge in [0.2, 0.25) is 5.91 Å². The summed E-state index contributed by atoms with van der Waals surface area (Å²) in [5.41, 5.74) is 3.69. The van der Waals surface area contributed by atoms with Gasteiger partial charge in [0.15, 0.2) is 0 Å². The summed E-state index contributed by atoms with van der Waals surface area (Å²) >= 11 is 4.21. The molecular weight excluding hydrogens is 366 g/mol. The van der Waals surface area contributed by atoms with Crippen LogP contribution >= 0.6 is 12.6 Å². The van der Waals surface area contributed by atoms with E-state index in [-0.39, 0.29) is 5.91 Å². The minimum Gasteiger partial charge on any atom is -0.377 e. The predicted molar refractivity (Wildman–Crippen MR) is 122 cm³/mol. The van der Waals surface area contributed by atoms with Crippen LogP contribution < -0.4 is 4.90 Å². The lowest BCUT2D eigenvalue weighted by molar-refractivity contribution is -0.130. The zero-order valence-electron chi connectivity index (χ0n) is 16.8. The summed E-state index contributed by atoms with van der Waals surface area (Å²) < 4.78 is 0. The van der Waals surface area contributed by atoms with Gasteiger partial charge in [-0.2, -0.15) is 12.6 Å². The van der Waals surface area contributed by atoms with Crippen molar-refractivity contribution in [1.29, 1.82) is 0 Å². The van der Waals surface area contributed by atoms with Crippen molar-refractivity contribution in [1.82, 2.24) is 9.80 Å². The Morgan fingerprint density at radius 3 is 2.64 bits per heavy atom. The van der Waals surface area contributed by atoms with E-state index in [0.29, 0.717) is 6.42 Å². The molecule has 1 saturated heterocycles. The summed E-state index contributed by atoms with van der Waals surface area (Å²) in [5.74, 6) is 1.05. The second-order valence-electron chi connectivity index (χ2n) is 7.43. The Morgan fingerprint density at radius 1 is 1.11 bits per heavy atom. The van der Waals surface area contributed by atoms with E-state index >= 15 is 0 Å². The first-order chi connectivity index (χ1) is 13.7. The van der Waals surface area contributed by atoms with Gasteiger partial charge in [-0.25, -0.2) is 0 Å². The maximum Gasteiger partial charge on any atom is 0.222 e. The largest absolute Gasteiger partial charge is 0.377 e. The average molecular weight is 398 g/mol. The first kappa shape index (κ1) is 20.6. The quantitative estimate of drug-likeness (QED) is 0.739. The lowest BCUT2D eigenvalue weighted by atomic mass is 10.1. The van der Waals surface area contributed by atoms with E-state index in [2.05, 4.69) is 84.2 Å². The monoisotopic (exact) mass is 397 g/mol. The van der Waals surface area contributed by atoms with Gasteiger partial charge >= 0.3 is 0 Å². The number of nitrogens with zero attached hydrogens (tertiary/aromatic N) is 3.